The van der Waals surface area contributed by atoms with Gasteiger partial charge in [0.1, 0.15) is 0 Å². The van der Waals surface area contributed by atoms with Crippen molar-refractivity contribution in [3.05, 3.63) is 47.7 Å². The summed E-state index contributed by atoms with van der Waals surface area (Å²) in [7, 11) is 1.50. The zero-order chi connectivity index (χ0) is 20.7. The number of benzene rings is 1. The summed E-state index contributed by atoms with van der Waals surface area (Å²) in [5.41, 5.74) is -1.24. The first-order chi connectivity index (χ1) is 13.4. The van der Waals surface area contributed by atoms with Crippen LogP contribution in [0.5, 0.6) is 5.88 Å². The molecule has 0 radical (unpaired) electrons. The number of carbonyl (C=O) groups is 1. The van der Waals surface area contributed by atoms with Gasteiger partial charge in [0.05, 0.1) is 30.1 Å². The van der Waals surface area contributed by atoms with Crippen molar-refractivity contribution >= 4 is 23.7 Å². The average Bonchev–Trinajstić information content (AvgIpc) is 2.74. The lowest BCUT2D eigenvalue weighted by atomic mass is 10.1. The van der Waals surface area contributed by atoms with Gasteiger partial charge in [-0.1, -0.05) is 12.1 Å². The van der Waals surface area contributed by atoms with Crippen molar-refractivity contribution in [1.82, 2.24) is 14.9 Å². The summed E-state index contributed by atoms with van der Waals surface area (Å²) < 4.78 is 50.9. The first-order valence-electron chi connectivity index (χ1n) is 8.14. The number of alkyl halides is 3. The molecule has 152 valence electrons. The summed E-state index contributed by atoms with van der Waals surface area (Å²) in [6.45, 7) is 1.41. The van der Waals surface area contributed by atoms with Gasteiger partial charge in [-0.2, -0.15) is 18.2 Å². The molecule has 0 spiro atoms. The van der Waals surface area contributed by atoms with E-state index in [0.29, 0.717) is 24.9 Å². The van der Waals surface area contributed by atoms with Crippen LogP contribution in [0.25, 0.3) is 0 Å². The molecule has 1 aliphatic heterocycles. The zero-order valence-corrected chi connectivity index (χ0v) is 15.6. The Morgan fingerprint density at radius 3 is 2.39 bits per heavy atom. The van der Waals surface area contributed by atoms with Gasteiger partial charge in [-0.05, 0) is 12.1 Å². The molecule has 0 unspecified atom stereocenters. The number of rotatable bonds is 3. The number of hydrogen-bond donors (Lipinski definition) is 1. The average molecular weight is 419 g/mol. The quantitative estimate of drug-likeness (QED) is 0.825. The van der Waals surface area contributed by atoms with E-state index in [0.717, 1.165) is 6.07 Å². The van der Waals surface area contributed by atoms with E-state index in [9.17, 15) is 18.0 Å². The summed E-state index contributed by atoms with van der Waals surface area (Å²) in [4.78, 5) is 24.2. The third-order valence-electron chi connectivity index (χ3n) is 4.14. The van der Waals surface area contributed by atoms with Gasteiger partial charge in [0.2, 0.25) is 11.8 Å². The standard InChI is InChI=1S/C17H17F3N4O2.ClHO/c1-26-14-6-7-21-16(22-14)24-10-8-23(9-11-24)15(25)12-4-2-3-5-13(12)17(18,19)20;1-2/h2-7H,8-11H2,1H3;2H. The van der Waals surface area contributed by atoms with Gasteiger partial charge < -0.3 is 14.5 Å². The van der Waals surface area contributed by atoms with Crippen molar-refractivity contribution in [2.45, 2.75) is 6.18 Å². The number of aromatic nitrogens is 2. The predicted octanol–water partition coefficient (Wildman–Crippen LogP) is 2.60. The van der Waals surface area contributed by atoms with Gasteiger partial charge in [-0.3, -0.25) is 9.45 Å². The molecule has 1 N–H and O–H groups in total. The molecule has 2 heterocycles. The number of halogens is 4. The molecule has 0 atom stereocenters. The topological polar surface area (TPSA) is 78.8 Å². The number of ether oxygens (including phenoxy) is 1. The molecule has 0 bridgehead atoms. The molecule has 2 aromatic rings. The third kappa shape index (κ3) is 5.02. The van der Waals surface area contributed by atoms with Gasteiger partial charge in [0.15, 0.2) is 0 Å². The summed E-state index contributed by atoms with van der Waals surface area (Å²) in [6.07, 6.45) is -3.00. The first kappa shape index (κ1) is 21.7. The SMILES string of the molecule is COc1ccnc(N2CCN(C(=O)c3ccccc3C(F)(F)F)CC2)n1.OCl. The maximum absolute atomic E-state index is 13.1. The van der Waals surface area contributed by atoms with Gasteiger partial charge >= 0.3 is 6.18 Å². The maximum Gasteiger partial charge on any atom is 0.417 e. The number of carbonyl (C=O) groups excluding carboxylic acids is 1. The van der Waals surface area contributed by atoms with Crippen LogP contribution < -0.4 is 9.64 Å². The molecule has 1 saturated heterocycles. The Morgan fingerprint density at radius 1 is 1.14 bits per heavy atom. The van der Waals surface area contributed by atoms with E-state index in [1.807, 2.05) is 4.90 Å². The van der Waals surface area contributed by atoms with Crippen LogP contribution in [0.2, 0.25) is 0 Å². The summed E-state index contributed by atoms with van der Waals surface area (Å²) >= 11 is 3.64. The van der Waals surface area contributed by atoms with E-state index in [4.69, 9.17) is 9.40 Å². The molecule has 7 nitrogen and oxygen atoms in total. The maximum atomic E-state index is 13.1. The normalized spacial score (nSPS) is 14.2. The minimum Gasteiger partial charge on any atom is -0.481 e. The van der Waals surface area contributed by atoms with E-state index in [1.54, 1.807) is 12.3 Å². The van der Waals surface area contributed by atoms with Crippen molar-refractivity contribution in [2.75, 3.05) is 38.2 Å². The molecule has 1 fully saturated rings. The summed E-state index contributed by atoms with van der Waals surface area (Å²) in [5, 5.41) is 0. The van der Waals surface area contributed by atoms with Crippen LogP contribution in [-0.4, -0.2) is 58.7 Å². The third-order valence-corrected chi connectivity index (χ3v) is 4.14. The lowest BCUT2D eigenvalue weighted by Crippen LogP contribution is -2.49. The molecular weight excluding hydrogens is 401 g/mol. The molecule has 1 aromatic carbocycles. The molecule has 3 rings (SSSR count). The van der Waals surface area contributed by atoms with Gasteiger partial charge in [0.25, 0.3) is 5.91 Å². The van der Waals surface area contributed by atoms with E-state index in [2.05, 4.69) is 21.8 Å². The van der Waals surface area contributed by atoms with E-state index in [1.165, 1.54) is 30.2 Å². The summed E-state index contributed by atoms with van der Waals surface area (Å²) in [5.74, 6) is 0.267. The van der Waals surface area contributed by atoms with E-state index < -0.39 is 17.6 Å². The minimum atomic E-state index is -4.57. The number of hydrogen-bond acceptors (Lipinski definition) is 6. The Labute approximate surface area is 164 Å². The number of anilines is 1. The molecule has 0 saturated carbocycles. The van der Waals surface area contributed by atoms with Crippen molar-refractivity contribution in [2.24, 2.45) is 0 Å². The van der Waals surface area contributed by atoms with Gasteiger partial charge in [-0.15, -0.1) is 0 Å². The van der Waals surface area contributed by atoms with Crippen LogP contribution in [0.3, 0.4) is 0 Å². The Hall–Kier alpha value is -2.59. The van der Waals surface area contributed by atoms with Crippen molar-refractivity contribution < 1.29 is 27.4 Å². The Balaban J connectivity index is 0.00000136. The second-order valence-electron chi connectivity index (χ2n) is 5.72. The van der Waals surface area contributed by atoms with Crippen LogP contribution in [0.1, 0.15) is 15.9 Å². The van der Waals surface area contributed by atoms with Crippen LogP contribution in [0, 0.1) is 0 Å². The minimum absolute atomic E-state index is 0.283. The van der Waals surface area contributed by atoms with Crippen LogP contribution in [0.4, 0.5) is 19.1 Å². The predicted molar refractivity (Wildman–Crippen MR) is 96.2 cm³/mol. The van der Waals surface area contributed by atoms with E-state index >= 15 is 0 Å². The van der Waals surface area contributed by atoms with Crippen molar-refractivity contribution in [3.8, 4) is 5.88 Å². The second-order valence-corrected chi connectivity index (χ2v) is 5.72. The number of nitrogens with zero attached hydrogens (tertiary/aromatic N) is 4. The van der Waals surface area contributed by atoms with E-state index in [-0.39, 0.29) is 18.7 Å². The van der Waals surface area contributed by atoms with Crippen LogP contribution >= 0.6 is 11.9 Å². The summed E-state index contributed by atoms with van der Waals surface area (Å²) in [6, 6.07) is 6.47. The van der Waals surface area contributed by atoms with Gasteiger partial charge in [0, 0.05) is 38.4 Å². The lowest BCUT2D eigenvalue weighted by molar-refractivity contribution is -0.138. The fourth-order valence-corrected chi connectivity index (χ4v) is 2.80. The Kier molecular flexibility index (Phi) is 7.41. The molecule has 0 aliphatic carbocycles. The Morgan fingerprint density at radius 2 is 1.79 bits per heavy atom. The highest BCUT2D eigenvalue weighted by Crippen LogP contribution is 2.32. The number of amides is 1. The number of piperazine rings is 1. The van der Waals surface area contributed by atoms with Gasteiger partial charge in [-0.25, -0.2) is 4.98 Å². The molecule has 1 aromatic heterocycles. The molecule has 28 heavy (non-hydrogen) atoms. The monoisotopic (exact) mass is 418 g/mol. The molecule has 1 amide bonds. The number of methoxy groups -OCH3 is 1. The van der Waals surface area contributed by atoms with Crippen molar-refractivity contribution in [3.63, 3.8) is 0 Å². The first-order valence-corrected chi connectivity index (χ1v) is 8.48. The largest absolute Gasteiger partial charge is 0.481 e. The fraction of sp³-hybridized carbons (Fsp3) is 0.353. The van der Waals surface area contributed by atoms with Crippen LogP contribution in [0.15, 0.2) is 36.5 Å². The molecule has 11 heteroatoms. The highest BCUT2D eigenvalue weighted by molar-refractivity contribution is 6.04. The second kappa shape index (κ2) is 9.56. The zero-order valence-electron chi connectivity index (χ0n) is 14.9. The molecular formula is C17H18ClF3N4O3. The van der Waals surface area contributed by atoms with Crippen molar-refractivity contribution in [1.29, 1.82) is 0 Å². The van der Waals surface area contributed by atoms with Crippen LogP contribution in [-0.2, 0) is 6.18 Å². The highest BCUT2D eigenvalue weighted by Gasteiger charge is 2.36. The smallest absolute Gasteiger partial charge is 0.417 e. The Bertz CT molecular complexity index is 799. The highest BCUT2D eigenvalue weighted by atomic mass is 35.5. The lowest BCUT2D eigenvalue weighted by Gasteiger charge is -2.35. The molecule has 1 aliphatic rings. The fourth-order valence-electron chi connectivity index (χ4n) is 2.80.